The van der Waals surface area contributed by atoms with Crippen molar-refractivity contribution >= 4 is 49.9 Å². The Hall–Kier alpha value is -1.16. The second-order valence-corrected chi connectivity index (χ2v) is 9.52. The highest BCUT2D eigenvalue weighted by atomic mass is 32.2. The number of carbonyl (C=O) groups is 1. The summed E-state index contributed by atoms with van der Waals surface area (Å²) in [6.45, 7) is 9.28. The highest BCUT2D eigenvalue weighted by Crippen LogP contribution is 2.19. The minimum absolute atomic E-state index is 0.133. The molecule has 9 heteroatoms. The summed E-state index contributed by atoms with van der Waals surface area (Å²) >= 11 is 6.62. The number of benzene rings is 1. The highest BCUT2D eigenvalue weighted by Gasteiger charge is 2.22. The van der Waals surface area contributed by atoms with Gasteiger partial charge in [0, 0.05) is 31.9 Å². The average molecular weight is 418 g/mol. The fraction of sp³-hybridized carbons (Fsp3) is 0.529. The van der Waals surface area contributed by atoms with Crippen LogP contribution in [0.25, 0.3) is 0 Å². The first kappa shape index (κ1) is 22.9. The molecule has 0 aliphatic heterocycles. The maximum absolute atomic E-state index is 12.4. The monoisotopic (exact) mass is 417 g/mol. The fourth-order valence-corrected chi connectivity index (χ4v) is 4.62. The lowest BCUT2D eigenvalue weighted by molar-refractivity contribution is -0.113. The molecule has 0 spiro atoms. The van der Waals surface area contributed by atoms with Crippen LogP contribution in [0, 0.1) is 0 Å². The van der Waals surface area contributed by atoms with E-state index in [4.69, 9.17) is 12.2 Å². The summed E-state index contributed by atoms with van der Waals surface area (Å²) in [4.78, 5) is 14.3. The summed E-state index contributed by atoms with van der Waals surface area (Å²) in [5.41, 5.74) is 0.551. The summed E-state index contributed by atoms with van der Waals surface area (Å²) in [5.74, 6) is 0.0327. The Balaban J connectivity index is 2.67. The van der Waals surface area contributed by atoms with Gasteiger partial charge in [-0.2, -0.15) is 4.31 Å². The number of nitrogens with zero attached hydrogens (tertiary/aromatic N) is 2. The van der Waals surface area contributed by atoms with E-state index in [1.165, 1.54) is 28.2 Å². The molecule has 0 bridgehead atoms. The molecule has 0 saturated carbocycles. The van der Waals surface area contributed by atoms with Crippen LogP contribution in [-0.2, 0) is 14.8 Å². The van der Waals surface area contributed by atoms with Gasteiger partial charge in [0.05, 0.1) is 10.6 Å². The molecule has 1 amide bonds. The minimum atomic E-state index is -3.53. The predicted molar refractivity (Wildman–Crippen MR) is 113 cm³/mol. The molecule has 26 heavy (non-hydrogen) atoms. The second kappa shape index (κ2) is 10.2. The number of thioether (sulfide) groups is 1. The van der Waals surface area contributed by atoms with Gasteiger partial charge in [-0.15, -0.1) is 0 Å². The van der Waals surface area contributed by atoms with Gasteiger partial charge in [-0.25, -0.2) is 8.42 Å². The smallest absolute Gasteiger partial charge is 0.243 e. The average Bonchev–Trinajstić information content (AvgIpc) is 2.60. The molecule has 0 unspecified atom stereocenters. The second-order valence-electron chi connectivity index (χ2n) is 5.91. The summed E-state index contributed by atoms with van der Waals surface area (Å²) in [5, 5.41) is 2.76. The first-order valence-corrected chi connectivity index (χ1v) is 11.3. The van der Waals surface area contributed by atoms with Crippen molar-refractivity contribution in [2.45, 2.75) is 38.6 Å². The molecule has 0 fully saturated rings. The van der Waals surface area contributed by atoms with E-state index in [0.717, 1.165) is 13.1 Å². The summed E-state index contributed by atoms with van der Waals surface area (Å²) < 4.78 is 26.9. The number of nitrogens with one attached hydrogen (secondary N) is 1. The molecule has 1 aromatic carbocycles. The SMILES string of the molecule is CCN(CC)C(=S)SCC(=O)Nc1ccc(S(=O)(=O)N(C)C(C)C)cc1. The molecule has 0 aromatic heterocycles. The molecule has 146 valence electrons. The van der Waals surface area contributed by atoms with Gasteiger partial charge in [-0.05, 0) is 52.0 Å². The van der Waals surface area contributed by atoms with Gasteiger partial charge >= 0.3 is 0 Å². The molecule has 0 heterocycles. The Bertz CT molecular complexity index is 715. The minimum Gasteiger partial charge on any atom is -0.358 e. The Morgan fingerprint density at radius 1 is 1.19 bits per heavy atom. The number of carbonyl (C=O) groups excluding carboxylic acids is 1. The lowest BCUT2D eigenvalue weighted by Gasteiger charge is -2.21. The van der Waals surface area contributed by atoms with Crippen molar-refractivity contribution in [1.82, 2.24) is 9.21 Å². The maximum atomic E-state index is 12.4. The van der Waals surface area contributed by atoms with Crippen LogP contribution in [-0.4, -0.2) is 59.8 Å². The number of thiocarbonyl (C=S) groups is 1. The zero-order valence-corrected chi connectivity index (χ0v) is 18.3. The Morgan fingerprint density at radius 3 is 2.19 bits per heavy atom. The lowest BCUT2D eigenvalue weighted by atomic mass is 10.3. The molecule has 1 rings (SSSR count). The van der Waals surface area contributed by atoms with Gasteiger partial charge in [0.25, 0.3) is 0 Å². The van der Waals surface area contributed by atoms with Gasteiger partial charge in [0.15, 0.2) is 0 Å². The highest BCUT2D eigenvalue weighted by molar-refractivity contribution is 8.23. The molecule has 0 aliphatic carbocycles. The van der Waals surface area contributed by atoms with Crippen molar-refractivity contribution < 1.29 is 13.2 Å². The van der Waals surface area contributed by atoms with Crippen LogP contribution in [0.3, 0.4) is 0 Å². The van der Waals surface area contributed by atoms with Crippen LogP contribution in [0.1, 0.15) is 27.7 Å². The predicted octanol–water partition coefficient (Wildman–Crippen LogP) is 3.01. The van der Waals surface area contributed by atoms with E-state index in [1.54, 1.807) is 19.2 Å². The van der Waals surface area contributed by atoms with Gasteiger partial charge in [-0.1, -0.05) is 24.0 Å². The number of hydrogen-bond donors (Lipinski definition) is 1. The fourth-order valence-electron chi connectivity index (χ4n) is 2.05. The van der Waals surface area contributed by atoms with E-state index in [-0.39, 0.29) is 22.6 Å². The number of hydrogen-bond acceptors (Lipinski definition) is 5. The summed E-state index contributed by atoms with van der Waals surface area (Å²) in [6, 6.07) is 6.04. The normalized spacial score (nSPS) is 11.7. The van der Waals surface area contributed by atoms with Crippen molar-refractivity contribution in [2.75, 3.05) is 31.2 Å². The quantitative estimate of drug-likeness (QED) is 0.656. The lowest BCUT2D eigenvalue weighted by Crippen LogP contribution is -2.33. The van der Waals surface area contributed by atoms with Gasteiger partial charge in [-0.3, -0.25) is 4.79 Å². The molecule has 0 saturated heterocycles. The maximum Gasteiger partial charge on any atom is 0.243 e. The van der Waals surface area contributed by atoms with Crippen LogP contribution in [0.2, 0.25) is 0 Å². The third kappa shape index (κ3) is 6.22. The Labute approximate surface area is 166 Å². The van der Waals surface area contributed by atoms with Crippen LogP contribution in [0.15, 0.2) is 29.2 Å². The molecule has 0 aliphatic rings. The third-order valence-corrected chi connectivity index (χ3v) is 7.46. The van der Waals surface area contributed by atoms with Gasteiger partial charge in [0.2, 0.25) is 15.9 Å². The van der Waals surface area contributed by atoms with Crippen molar-refractivity contribution in [1.29, 1.82) is 0 Å². The van der Waals surface area contributed by atoms with E-state index in [1.807, 2.05) is 32.6 Å². The number of rotatable bonds is 8. The molecular weight excluding hydrogens is 390 g/mol. The molecule has 0 atom stereocenters. The number of sulfonamides is 1. The molecule has 1 N–H and O–H groups in total. The van der Waals surface area contributed by atoms with E-state index in [2.05, 4.69) is 5.32 Å². The van der Waals surface area contributed by atoms with Crippen LogP contribution in [0.5, 0.6) is 0 Å². The molecule has 0 radical (unpaired) electrons. The first-order chi connectivity index (χ1) is 12.1. The van der Waals surface area contributed by atoms with E-state index in [0.29, 0.717) is 10.0 Å². The third-order valence-electron chi connectivity index (χ3n) is 3.89. The van der Waals surface area contributed by atoms with Gasteiger partial charge in [0.1, 0.15) is 4.32 Å². The number of anilines is 1. The van der Waals surface area contributed by atoms with E-state index < -0.39 is 10.0 Å². The summed E-state index contributed by atoms with van der Waals surface area (Å²) in [7, 11) is -1.98. The molecule has 6 nitrogen and oxygen atoms in total. The van der Waals surface area contributed by atoms with Gasteiger partial charge < -0.3 is 10.2 Å². The van der Waals surface area contributed by atoms with Crippen molar-refractivity contribution in [3.05, 3.63) is 24.3 Å². The van der Waals surface area contributed by atoms with Crippen LogP contribution >= 0.6 is 24.0 Å². The largest absolute Gasteiger partial charge is 0.358 e. The van der Waals surface area contributed by atoms with Crippen molar-refractivity contribution in [2.24, 2.45) is 0 Å². The topological polar surface area (TPSA) is 69.7 Å². The van der Waals surface area contributed by atoms with E-state index in [9.17, 15) is 13.2 Å². The molecule has 1 aromatic rings. The van der Waals surface area contributed by atoms with Crippen LogP contribution in [0.4, 0.5) is 5.69 Å². The zero-order chi connectivity index (χ0) is 19.9. The Morgan fingerprint density at radius 2 is 1.73 bits per heavy atom. The van der Waals surface area contributed by atoms with Crippen molar-refractivity contribution in [3.63, 3.8) is 0 Å². The van der Waals surface area contributed by atoms with Crippen molar-refractivity contribution in [3.8, 4) is 0 Å². The Kier molecular flexibility index (Phi) is 9.02. The zero-order valence-electron chi connectivity index (χ0n) is 15.9. The summed E-state index contributed by atoms with van der Waals surface area (Å²) in [6.07, 6.45) is 0. The van der Waals surface area contributed by atoms with Crippen LogP contribution < -0.4 is 5.32 Å². The molecular formula is C17H27N3O3S3. The number of amides is 1. The first-order valence-electron chi connectivity index (χ1n) is 8.43. The van der Waals surface area contributed by atoms with E-state index >= 15 is 0 Å². The standard InChI is InChI=1S/C17H27N3O3S3/c1-6-20(7-2)17(24)25-12-16(21)18-14-8-10-15(11-9-14)26(22,23)19(5)13(3)4/h8-11,13H,6-7,12H2,1-5H3,(H,18,21).